The Morgan fingerprint density at radius 3 is 1.71 bits per heavy atom. The van der Waals surface area contributed by atoms with Crippen LogP contribution in [0, 0.1) is 0 Å². The van der Waals surface area contributed by atoms with Crippen LogP contribution in [0.25, 0.3) is 0 Å². The Morgan fingerprint density at radius 2 is 1.21 bits per heavy atom. The smallest absolute Gasteiger partial charge is 0.396 e. The van der Waals surface area contributed by atoms with Crippen LogP contribution in [0.5, 0.6) is 0 Å². The van der Waals surface area contributed by atoms with E-state index in [-0.39, 0.29) is 0 Å². The number of aryl methyl sites for hydroxylation is 1. The lowest BCUT2D eigenvalue weighted by Gasteiger charge is -2.08. The predicted octanol–water partition coefficient (Wildman–Crippen LogP) is 6.53. The molecule has 0 radical (unpaired) electrons. The van der Waals surface area contributed by atoms with Crippen LogP contribution in [0.4, 0.5) is 13.2 Å². The third kappa shape index (κ3) is 9.96. The van der Waals surface area contributed by atoms with Crippen LogP contribution in [0.1, 0.15) is 81.8 Å². The molecule has 1 rings (SSSR count). The number of aliphatic hydroxyl groups excluding tert-OH is 1. The maximum Gasteiger partial charge on any atom is 0.416 e. The molecule has 0 aromatic heterocycles. The van der Waals surface area contributed by atoms with Crippen LogP contribution in [0.2, 0.25) is 0 Å². The average molecular weight is 344 g/mol. The summed E-state index contributed by atoms with van der Waals surface area (Å²) in [7, 11) is 0. The van der Waals surface area contributed by atoms with Crippen LogP contribution in [0.15, 0.2) is 24.3 Å². The van der Waals surface area contributed by atoms with Crippen LogP contribution in [0.3, 0.4) is 0 Å². The molecule has 1 aromatic rings. The minimum Gasteiger partial charge on any atom is -0.396 e. The second-order valence-electron chi connectivity index (χ2n) is 6.56. The molecule has 1 N–H and O–H groups in total. The summed E-state index contributed by atoms with van der Waals surface area (Å²) in [6.45, 7) is 0.306. The summed E-state index contributed by atoms with van der Waals surface area (Å²) in [6, 6.07) is 5.69. The molecule has 0 spiro atoms. The first-order valence-electron chi connectivity index (χ1n) is 9.31. The molecule has 0 saturated heterocycles. The second kappa shape index (κ2) is 12.3. The molecule has 0 unspecified atom stereocenters. The van der Waals surface area contributed by atoms with Gasteiger partial charge in [0.1, 0.15) is 0 Å². The standard InChI is InChI=1S/C20H31F3O/c21-20(22,23)19-15-12-14-18(17-19)13-10-8-6-4-2-1-3-5-7-9-11-16-24/h12,14-15,17,24H,1-11,13,16H2. The summed E-state index contributed by atoms with van der Waals surface area (Å²) >= 11 is 0. The maximum atomic E-state index is 12.6. The molecule has 1 nitrogen and oxygen atoms in total. The molecule has 0 heterocycles. The fourth-order valence-corrected chi connectivity index (χ4v) is 2.94. The highest BCUT2D eigenvalue weighted by molar-refractivity contribution is 5.25. The molecule has 24 heavy (non-hydrogen) atoms. The van der Waals surface area contributed by atoms with E-state index in [1.165, 1.54) is 57.1 Å². The van der Waals surface area contributed by atoms with Crippen molar-refractivity contribution in [1.82, 2.24) is 0 Å². The Hall–Kier alpha value is -1.03. The lowest BCUT2D eigenvalue weighted by Crippen LogP contribution is -2.05. The van der Waals surface area contributed by atoms with E-state index >= 15 is 0 Å². The van der Waals surface area contributed by atoms with Gasteiger partial charge < -0.3 is 5.11 Å². The zero-order valence-electron chi connectivity index (χ0n) is 14.6. The molecule has 4 heteroatoms. The molecule has 138 valence electrons. The molecule has 1 aromatic carbocycles. The van der Waals surface area contributed by atoms with E-state index in [0.717, 1.165) is 43.7 Å². The van der Waals surface area contributed by atoms with Crippen LogP contribution in [-0.4, -0.2) is 11.7 Å². The monoisotopic (exact) mass is 344 g/mol. The van der Waals surface area contributed by atoms with Gasteiger partial charge in [-0.3, -0.25) is 0 Å². The average Bonchev–Trinajstić information content (AvgIpc) is 2.55. The van der Waals surface area contributed by atoms with Crippen molar-refractivity contribution >= 4 is 0 Å². The first-order valence-corrected chi connectivity index (χ1v) is 9.31. The number of aliphatic hydroxyl groups is 1. The predicted molar refractivity (Wildman–Crippen MR) is 93.0 cm³/mol. The largest absolute Gasteiger partial charge is 0.416 e. The molecule has 0 aliphatic carbocycles. The van der Waals surface area contributed by atoms with Crippen molar-refractivity contribution in [3.05, 3.63) is 35.4 Å². The van der Waals surface area contributed by atoms with E-state index in [0.29, 0.717) is 6.61 Å². The van der Waals surface area contributed by atoms with Gasteiger partial charge in [-0.25, -0.2) is 0 Å². The molecule has 0 aliphatic rings. The van der Waals surface area contributed by atoms with Crippen molar-refractivity contribution < 1.29 is 18.3 Å². The molecule has 0 aliphatic heterocycles. The zero-order chi connectivity index (χ0) is 17.7. The number of hydrogen-bond acceptors (Lipinski definition) is 1. The molecule has 0 amide bonds. The van der Waals surface area contributed by atoms with Crippen LogP contribution >= 0.6 is 0 Å². The maximum absolute atomic E-state index is 12.6. The van der Waals surface area contributed by atoms with Gasteiger partial charge in [-0.2, -0.15) is 13.2 Å². The molecule has 0 atom stereocenters. The van der Waals surface area contributed by atoms with E-state index in [1.807, 2.05) is 0 Å². The Labute approximate surface area is 144 Å². The van der Waals surface area contributed by atoms with Gasteiger partial charge in [-0.1, -0.05) is 76.0 Å². The minimum atomic E-state index is -4.24. The fourth-order valence-electron chi connectivity index (χ4n) is 2.94. The van der Waals surface area contributed by atoms with Crippen LogP contribution < -0.4 is 0 Å². The molecular weight excluding hydrogens is 313 g/mol. The lowest BCUT2D eigenvalue weighted by molar-refractivity contribution is -0.137. The van der Waals surface area contributed by atoms with Crippen molar-refractivity contribution in [3.63, 3.8) is 0 Å². The van der Waals surface area contributed by atoms with Crippen LogP contribution in [-0.2, 0) is 12.6 Å². The van der Waals surface area contributed by atoms with Gasteiger partial charge in [0, 0.05) is 6.61 Å². The fraction of sp³-hybridized carbons (Fsp3) is 0.700. The molecule has 0 bridgehead atoms. The molecule has 0 saturated carbocycles. The van der Waals surface area contributed by atoms with E-state index in [2.05, 4.69) is 0 Å². The summed E-state index contributed by atoms with van der Waals surface area (Å²) in [4.78, 5) is 0. The van der Waals surface area contributed by atoms with Crippen molar-refractivity contribution in [2.75, 3.05) is 6.61 Å². The number of rotatable bonds is 13. The van der Waals surface area contributed by atoms with Crippen molar-refractivity contribution in [2.24, 2.45) is 0 Å². The highest BCUT2D eigenvalue weighted by Gasteiger charge is 2.30. The summed E-state index contributed by atoms with van der Waals surface area (Å²) in [5.41, 5.74) is 0.242. The Kier molecular flexibility index (Phi) is 10.8. The summed E-state index contributed by atoms with van der Waals surface area (Å²) in [6.07, 6.45) is 9.26. The number of benzene rings is 1. The van der Waals surface area contributed by atoms with E-state index in [9.17, 15) is 13.2 Å². The highest BCUT2D eigenvalue weighted by Crippen LogP contribution is 2.29. The quantitative estimate of drug-likeness (QED) is 0.403. The van der Waals surface area contributed by atoms with Gasteiger partial charge in [-0.05, 0) is 30.9 Å². The van der Waals surface area contributed by atoms with E-state index in [1.54, 1.807) is 6.07 Å². The van der Waals surface area contributed by atoms with Gasteiger partial charge >= 0.3 is 6.18 Å². The van der Waals surface area contributed by atoms with Crippen molar-refractivity contribution in [3.8, 4) is 0 Å². The molecular formula is C20H31F3O. The Bertz CT molecular complexity index is 429. The third-order valence-electron chi connectivity index (χ3n) is 4.38. The minimum absolute atomic E-state index is 0.306. The van der Waals surface area contributed by atoms with Gasteiger partial charge in [0.25, 0.3) is 0 Å². The number of alkyl halides is 3. The Morgan fingerprint density at radius 1 is 0.708 bits per heavy atom. The zero-order valence-corrected chi connectivity index (χ0v) is 14.6. The first-order chi connectivity index (χ1) is 11.5. The normalized spacial score (nSPS) is 11.8. The molecule has 0 fully saturated rings. The van der Waals surface area contributed by atoms with E-state index < -0.39 is 11.7 Å². The van der Waals surface area contributed by atoms with Crippen molar-refractivity contribution in [2.45, 2.75) is 83.2 Å². The van der Waals surface area contributed by atoms with Gasteiger partial charge in [0.15, 0.2) is 0 Å². The second-order valence-corrected chi connectivity index (χ2v) is 6.56. The Balaban J connectivity index is 1.99. The number of halogens is 3. The topological polar surface area (TPSA) is 20.2 Å². The summed E-state index contributed by atoms with van der Waals surface area (Å²) in [5.74, 6) is 0. The van der Waals surface area contributed by atoms with Crippen molar-refractivity contribution in [1.29, 1.82) is 0 Å². The summed E-state index contributed by atoms with van der Waals surface area (Å²) in [5, 5.41) is 8.68. The van der Waals surface area contributed by atoms with Gasteiger partial charge in [0.05, 0.1) is 5.56 Å². The van der Waals surface area contributed by atoms with Gasteiger partial charge in [0.2, 0.25) is 0 Å². The third-order valence-corrected chi connectivity index (χ3v) is 4.38. The first kappa shape index (κ1) is 21.0. The highest BCUT2D eigenvalue weighted by atomic mass is 19.4. The summed E-state index contributed by atoms with van der Waals surface area (Å²) < 4.78 is 37.9. The SMILES string of the molecule is OCCCCCCCCCCCCCc1cccc(C(F)(F)F)c1. The number of unbranched alkanes of at least 4 members (excludes halogenated alkanes) is 10. The lowest BCUT2D eigenvalue weighted by atomic mass is 10.0. The van der Waals surface area contributed by atoms with Gasteiger partial charge in [-0.15, -0.1) is 0 Å². The number of hydrogen-bond donors (Lipinski definition) is 1. The van der Waals surface area contributed by atoms with E-state index in [4.69, 9.17) is 5.11 Å².